The van der Waals surface area contributed by atoms with E-state index in [1.807, 2.05) is 12.1 Å². The number of nitrogens with zero attached hydrogens (tertiary/aromatic N) is 1. The molecule has 1 aliphatic carbocycles. The minimum absolute atomic E-state index is 0.563. The number of hydrogen-bond acceptors (Lipinski definition) is 3. The highest BCUT2D eigenvalue weighted by Crippen LogP contribution is 2.37. The van der Waals surface area contributed by atoms with Gasteiger partial charge in [-0.1, -0.05) is 18.2 Å². The Morgan fingerprint density at radius 2 is 1.92 bits per heavy atom. The van der Waals surface area contributed by atoms with E-state index in [1.54, 1.807) is 7.11 Å². The molecule has 1 saturated carbocycles. The lowest BCUT2D eigenvalue weighted by Crippen LogP contribution is -2.20. The van der Waals surface area contributed by atoms with E-state index < -0.39 is 0 Å². The van der Waals surface area contributed by atoms with Crippen LogP contribution in [0.15, 0.2) is 42.5 Å². The average molecular weight is 334 g/mol. The number of methoxy groups -OCH3 is 1. The lowest BCUT2D eigenvalue weighted by atomic mass is 9.78. The van der Waals surface area contributed by atoms with E-state index in [1.165, 1.54) is 42.5 Å². The van der Waals surface area contributed by atoms with Crippen molar-refractivity contribution in [1.82, 2.24) is 0 Å². The van der Waals surface area contributed by atoms with Crippen molar-refractivity contribution >= 4 is 5.69 Å². The SMILES string of the molecule is COc1ccc([C@H]2CC[C@H](CNc3cccc(C)c3)CC2)cc1C#N. The molecule has 25 heavy (non-hydrogen) atoms. The highest BCUT2D eigenvalue weighted by molar-refractivity contribution is 5.47. The summed E-state index contributed by atoms with van der Waals surface area (Å²) in [5, 5.41) is 12.9. The van der Waals surface area contributed by atoms with Crippen LogP contribution >= 0.6 is 0 Å². The second-order valence-corrected chi connectivity index (χ2v) is 7.04. The first-order chi connectivity index (χ1) is 12.2. The molecule has 130 valence electrons. The van der Waals surface area contributed by atoms with Crippen molar-refractivity contribution in [3.05, 3.63) is 59.2 Å². The van der Waals surface area contributed by atoms with Crippen molar-refractivity contribution in [2.45, 2.75) is 38.5 Å². The molecule has 0 saturated heterocycles. The largest absolute Gasteiger partial charge is 0.495 e. The second-order valence-electron chi connectivity index (χ2n) is 7.04. The molecule has 1 fully saturated rings. The van der Waals surface area contributed by atoms with Crippen LogP contribution in [0.4, 0.5) is 5.69 Å². The molecule has 0 aliphatic heterocycles. The van der Waals surface area contributed by atoms with Gasteiger partial charge >= 0.3 is 0 Å². The van der Waals surface area contributed by atoms with Gasteiger partial charge in [0.15, 0.2) is 0 Å². The van der Waals surface area contributed by atoms with Gasteiger partial charge in [0.2, 0.25) is 0 Å². The van der Waals surface area contributed by atoms with Gasteiger partial charge in [0, 0.05) is 12.2 Å². The summed E-state index contributed by atoms with van der Waals surface area (Å²) in [5.41, 5.74) is 4.43. The van der Waals surface area contributed by atoms with Crippen molar-refractivity contribution in [3.8, 4) is 11.8 Å². The first-order valence-electron chi connectivity index (χ1n) is 9.08. The number of benzene rings is 2. The van der Waals surface area contributed by atoms with E-state index in [4.69, 9.17) is 4.74 Å². The maximum absolute atomic E-state index is 9.27. The van der Waals surface area contributed by atoms with Crippen molar-refractivity contribution in [3.63, 3.8) is 0 Å². The summed E-state index contributed by atoms with van der Waals surface area (Å²) in [6.07, 6.45) is 4.85. The van der Waals surface area contributed by atoms with Gasteiger partial charge in [0.05, 0.1) is 12.7 Å². The minimum atomic E-state index is 0.563. The molecule has 3 rings (SSSR count). The number of aryl methyl sites for hydroxylation is 1. The van der Waals surface area contributed by atoms with Crippen LogP contribution in [0.1, 0.15) is 48.3 Å². The molecule has 0 amide bonds. The van der Waals surface area contributed by atoms with Crippen molar-refractivity contribution in [2.75, 3.05) is 19.0 Å². The molecule has 2 aromatic rings. The molecular formula is C22H26N2O. The molecule has 3 heteroatoms. The lowest BCUT2D eigenvalue weighted by Gasteiger charge is -2.29. The molecule has 0 radical (unpaired) electrons. The maximum Gasteiger partial charge on any atom is 0.136 e. The zero-order valence-electron chi connectivity index (χ0n) is 15.1. The summed E-state index contributed by atoms with van der Waals surface area (Å²) in [6.45, 7) is 3.17. The van der Waals surface area contributed by atoms with Crippen LogP contribution in [0.5, 0.6) is 5.75 Å². The average Bonchev–Trinajstić information content (AvgIpc) is 2.66. The first-order valence-corrected chi connectivity index (χ1v) is 9.08. The Morgan fingerprint density at radius 3 is 2.60 bits per heavy atom. The smallest absolute Gasteiger partial charge is 0.136 e. The van der Waals surface area contributed by atoms with Gasteiger partial charge < -0.3 is 10.1 Å². The van der Waals surface area contributed by atoms with Gasteiger partial charge in [-0.05, 0) is 79.8 Å². The van der Waals surface area contributed by atoms with Crippen molar-refractivity contribution in [2.24, 2.45) is 5.92 Å². The third kappa shape index (κ3) is 4.33. The Morgan fingerprint density at radius 1 is 1.12 bits per heavy atom. The van der Waals surface area contributed by atoms with Crippen LogP contribution in [0.25, 0.3) is 0 Å². The van der Waals surface area contributed by atoms with Gasteiger partial charge in [0.1, 0.15) is 11.8 Å². The Balaban J connectivity index is 1.54. The third-order valence-electron chi connectivity index (χ3n) is 5.28. The maximum atomic E-state index is 9.27. The third-order valence-corrected chi connectivity index (χ3v) is 5.28. The van der Waals surface area contributed by atoms with E-state index in [0.29, 0.717) is 17.2 Å². The number of hydrogen-bond donors (Lipinski definition) is 1. The Kier molecular flexibility index (Phi) is 5.60. The quantitative estimate of drug-likeness (QED) is 0.811. The fraction of sp³-hybridized carbons (Fsp3) is 0.409. The first kappa shape index (κ1) is 17.4. The van der Waals surface area contributed by atoms with Gasteiger partial charge in [0.25, 0.3) is 0 Å². The van der Waals surface area contributed by atoms with E-state index in [9.17, 15) is 5.26 Å². The molecule has 1 N–H and O–H groups in total. The number of nitrogens with one attached hydrogen (secondary N) is 1. The van der Waals surface area contributed by atoms with Crippen molar-refractivity contribution in [1.29, 1.82) is 5.26 Å². The molecular weight excluding hydrogens is 308 g/mol. The number of rotatable bonds is 5. The predicted octanol–water partition coefficient (Wildman–Crippen LogP) is 5.26. The van der Waals surface area contributed by atoms with Crippen molar-refractivity contribution < 1.29 is 4.74 Å². The lowest BCUT2D eigenvalue weighted by molar-refractivity contribution is 0.338. The molecule has 2 aromatic carbocycles. The molecule has 0 atom stereocenters. The Labute approximate surface area is 150 Å². The van der Waals surface area contributed by atoms with Crippen LogP contribution in [0.3, 0.4) is 0 Å². The molecule has 0 spiro atoms. The van der Waals surface area contributed by atoms with Gasteiger partial charge in [-0.25, -0.2) is 0 Å². The fourth-order valence-electron chi connectivity index (χ4n) is 3.78. The van der Waals surface area contributed by atoms with Crippen LogP contribution in [-0.2, 0) is 0 Å². The van der Waals surface area contributed by atoms with Crippen LogP contribution in [0.2, 0.25) is 0 Å². The summed E-state index contributed by atoms with van der Waals surface area (Å²) in [7, 11) is 1.61. The zero-order chi connectivity index (χ0) is 17.6. The van der Waals surface area contributed by atoms with Gasteiger partial charge in [-0.15, -0.1) is 0 Å². The molecule has 3 nitrogen and oxygen atoms in total. The summed E-state index contributed by atoms with van der Waals surface area (Å²) in [4.78, 5) is 0. The zero-order valence-corrected chi connectivity index (χ0v) is 15.1. The summed E-state index contributed by atoms with van der Waals surface area (Å²) in [5.74, 6) is 1.96. The van der Waals surface area contributed by atoms with Crippen LogP contribution in [-0.4, -0.2) is 13.7 Å². The number of nitriles is 1. The normalized spacial score (nSPS) is 19.9. The Bertz CT molecular complexity index is 755. The molecule has 0 aromatic heterocycles. The van der Waals surface area contributed by atoms with E-state index in [0.717, 1.165) is 12.5 Å². The van der Waals surface area contributed by atoms with E-state index in [-0.39, 0.29) is 0 Å². The Hall–Kier alpha value is -2.47. The molecule has 1 aliphatic rings. The van der Waals surface area contributed by atoms with Gasteiger partial charge in [-0.3, -0.25) is 0 Å². The minimum Gasteiger partial charge on any atom is -0.495 e. The highest BCUT2D eigenvalue weighted by Gasteiger charge is 2.23. The summed E-state index contributed by atoms with van der Waals surface area (Å²) in [6, 6.07) is 16.9. The second kappa shape index (κ2) is 8.07. The fourth-order valence-corrected chi connectivity index (χ4v) is 3.78. The molecule has 0 heterocycles. The monoisotopic (exact) mass is 334 g/mol. The summed E-state index contributed by atoms with van der Waals surface area (Å²) >= 11 is 0. The molecule has 0 unspecified atom stereocenters. The number of ether oxygens (including phenoxy) is 1. The van der Waals surface area contributed by atoms with E-state index in [2.05, 4.69) is 48.6 Å². The van der Waals surface area contributed by atoms with Crippen LogP contribution in [0, 0.1) is 24.2 Å². The van der Waals surface area contributed by atoms with Gasteiger partial charge in [-0.2, -0.15) is 5.26 Å². The summed E-state index contributed by atoms with van der Waals surface area (Å²) < 4.78 is 5.25. The number of anilines is 1. The van der Waals surface area contributed by atoms with Crippen LogP contribution < -0.4 is 10.1 Å². The predicted molar refractivity (Wildman–Crippen MR) is 102 cm³/mol. The topological polar surface area (TPSA) is 45.0 Å². The molecule has 0 bridgehead atoms. The standard InChI is InChI=1S/C22H26N2O/c1-16-4-3-5-21(12-16)24-15-17-6-8-18(9-7-17)19-10-11-22(25-2)20(13-19)14-23/h3-5,10-13,17-18,24H,6-9,15H2,1-2H3/t17-,18-. The highest BCUT2D eigenvalue weighted by atomic mass is 16.5. The van der Waals surface area contributed by atoms with E-state index >= 15 is 0 Å².